The first-order chi connectivity index (χ1) is 32.7. The Balaban J connectivity index is 0.999. The molecule has 5 nitrogen and oxygen atoms in total. The van der Waals surface area contributed by atoms with Crippen LogP contribution in [-0.4, -0.2) is 24.5 Å². The molecule has 4 heterocycles. The molecule has 1 spiro atoms. The molecule has 3 aromatic heterocycles. The Labute approximate surface area is 381 Å². The van der Waals surface area contributed by atoms with E-state index in [1.54, 1.807) is 0 Å². The molecule has 1 aliphatic heterocycles. The van der Waals surface area contributed by atoms with E-state index < -0.39 is 5.41 Å². The maximum atomic E-state index is 5.46. The molecule has 12 aromatic rings. The summed E-state index contributed by atoms with van der Waals surface area (Å²) >= 11 is 0. The average Bonchev–Trinajstić information content (AvgIpc) is 3.90. The van der Waals surface area contributed by atoms with E-state index in [-0.39, 0.29) is 0 Å². The van der Waals surface area contributed by atoms with Crippen LogP contribution in [0.15, 0.2) is 224 Å². The van der Waals surface area contributed by atoms with Crippen LogP contribution in [-0.2, 0) is 5.41 Å². The van der Waals surface area contributed by atoms with Crippen LogP contribution < -0.4 is 0 Å². The first-order valence-corrected chi connectivity index (χ1v) is 22.5. The van der Waals surface area contributed by atoms with Gasteiger partial charge in [-0.1, -0.05) is 194 Å². The lowest BCUT2D eigenvalue weighted by Gasteiger charge is -2.40. The van der Waals surface area contributed by atoms with Gasteiger partial charge in [0.25, 0.3) is 0 Å². The number of para-hydroxylation sites is 3. The van der Waals surface area contributed by atoms with Gasteiger partial charge in [0.1, 0.15) is 0 Å². The summed E-state index contributed by atoms with van der Waals surface area (Å²) in [7, 11) is 0. The number of nitrogens with zero attached hydrogens (tertiary/aromatic N) is 5. The lowest BCUT2D eigenvalue weighted by Crippen LogP contribution is -2.33. The second-order valence-corrected chi connectivity index (χ2v) is 17.3. The van der Waals surface area contributed by atoms with E-state index >= 15 is 0 Å². The molecule has 0 radical (unpaired) electrons. The van der Waals surface area contributed by atoms with Gasteiger partial charge in [0.15, 0.2) is 17.5 Å². The van der Waals surface area contributed by atoms with Crippen molar-refractivity contribution in [2.45, 2.75) is 5.41 Å². The maximum absolute atomic E-state index is 5.46. The Morgan fingerprint density at radius 2 is 0.894 bits per heavy atom. The highest BCUT2D eigenvalue weighted by atomic mass is 15.0. The van der Waals surface area contributed by atoms with Crippen molar-refractivity contribution in [1.29, 1.82) is 0 Å². The Kier molecular flexibility index (Phi) is 7.83. The molecule has 1 unspecified atom stereocenters. The van der Waals surface area contributed by atoms with Crippen molar-refractivity contribution >= 4 is 32.7 Å². The lowest BCUT2D eigenvalue weighted by atomic mass is 9.64. The fraction of sp³-hybridized carbons (Fsp3) is 0.0164. The largest absolute Gasteiger partial charge is 0.309 e. The third kappa shape index (κ3) is 5.16. The van der Waals surface area contributed by atoms with E-state index in [1.165, 1.54) is 66.3 Å². The Morgan fingerprint density at radius 1 is 0.348 bits per heavy atom. The van der Waals surface area contributed by atoms with Crippen LogP contribution in [0.4, 0.5) is 0 Å². The molecule has 9 aromatic carbocycles. The molecule has 0 amide bonds. The smallest absolute Gasteiger partial charge is 0.164 e. The van der Waals surface area contributed by atoms with Gasteiger partial charge < -0.3 is 4.57 Å². The van der Waals surface area contributed by atoms with Crippen LogP contribution in [0.2, 0.25) is 0 Å². The summed E-state index contributed by atoms with van der Waals surface area (Å²) in [5, 5.41) is 3.60. The van der Waals surface area contributed by atoms with Gasteiger partial charge in [-0.15, -0.1) is 0 Å². The molecule has 0 fully saturated rings. The molecule has 306 valence electrons. The number of aromatic nitrogens is 5. The number of fused-ring (bicyclic) bond motifs is 14. The van der Waals surface area contributed by atoms with E-state index in [2.05, 4.69) is 168 Å². The molecular formula is C61H37N5. The summed E-state index contributed by atoms with van der Waals surface area (Å²) in [6.07, 6.45) is 0. The molecule has 1 aliphatic carbocycles. The zero-order valence-corrected chi connectivity index (χ0v) is 35.6. The number of hydrogen-bond donors (Lipinski definition) is 0. The Bertz CT molecular complexity index is 3870. The van der Waals surface area contributed by atoms with E-state index in [0.717, 1.165) is 44.6 Å². The third-order valence-corrected chi connectivity index (χ3v) is 13.8. The monoisotopic (exact) mass is 839 g/mol. The predicted molar refractivity (Wildman–Crippen MR) is 268 cm³/mol. The molecule has 14 rings (SSSR count). The SMILES string of the molecule is c1ccc(-c2nc(-c3ccccc3)nc(-c3cccc(-c4ccc5c(c4)c4cccc6c4n5-c4ccccc4C64c5ccccc5-c5c(-c6ccccc6)nc6ccccc6c54)c3)n2)cc1. The summed E-state index contributed by atoms with van der Waals surface area (Å²) < 4.78 is 2.52. The average molecular weight is 840 g/mol. The van der Waals surface area contributed by atoms with Crippen LogP contribution in [0.3, 0.4) is 0 Å². The third-order valence-electron chi connectivity index (χ3n) is 13.8. The van der Waals surface area contributed by atoms with Crippen LogP contribution in [0.5, 0.6) is 0 Å². The van der Waals surface area contributed by atoms with Crippen molar-refractivity contribution in [2.75, 3.05) is 0 Å². The van der Waals surface area contributed by atoms with E-state index in [4.69, 9.17) is 19.9 Å². The van der Waals surface area contributed by atoms with Crippen molar-refractivity contribution in [3.63, 3.8) is 0 Å². The highest BCUT2D eigenvalue weighted by Crippen LogP contribution is 2.63. The normalized spacial score (nSPS) is 14.4. The van der Waals surface area contributed by atoms with Crippen LogP contribution in [0, 0.1) is 0 Å². The van der Waals surface area contributed by atoms with Crippen molar-refractivity contribution in [3.8, 4) is 73.4 Å². The first kappa shape index (κ1) is 36.7. The second-order valence-electron chi connectivity index (χ2n) is 17.3. The minimum atomic E-state index is -0.614. The van der Waals surface area contributed by atoms with Gasteiger partial charge in [-0.2, -0.15) is 0 Å². The Hall–Kier alpha value is -8.80. The van der Waals surface area contributed by atoms with Gasteiger partial charge >= 0.3 is 0 Å². The van der Waals surface area contributed by atoms with Crippen molar-refractivity contribution in [1.82, 2.24) is 24.5 Å². The minimum Gasteiger partial charge on any atom is -0.309 e. The lowest BCUT2D eigenvalue weighted by molar-refractivity contribution is 0.754. The summed E-state index contributed by atoms with van der Waals surface area (Å²) in [4.78, 5) is 20.5. The van der Waals surface area contributed by atoms with Gasteiger partial charge in [-0.25, -0.2) is 19.9 Å². The molecule has 0 saturated heterocycles. The first-order valence-electron chi connectivity index (χ1n) is 22.5. The predicted octanol–water partition coefficient (Wildman–Crippen LogP) is 14.5. The van der Waals surface area contributed by atoms with Crippen molar-refractivity contribution in [3.05, 3.63) is 247 Å². The van der Waals surface area contributed by atoms with Gasteiger partial charge in [0.05, 0.1) is 33.3 Å². The topological polar surface area (TPSA) is 56.5 Å². The van der Waals surface area contributed by atoms with E-state index in [9.17, 15) is 0 Å². The maximum Gasteiger partial charge on any atom is 0.164 e. The number of benzene rings is 9. The van der Waals surface area contributed by atoms with Crippen molar-refractivity contribution < 1.29 is 0 Å². The molecule has 2 aliphatic rings. The zero-order chi connectivity index (χ0) is 43.3. The van der Waals surface area contributed by atoms with Gasteiger partial charge in [0.2, 0.25) is 0 Å². The zero-order valence-electron chi connectivity index (χ0n) is 35.6. The van der Waals surface area contributed by atoms with E-state index in [0.29, 0.717) is 17.5 Å². The van der Waals surface area contributed by atoms with E-state index in [1.807, 2.05) is 60.7 Å². The fourth-order valence-electron chi connectivity index (χ4n) is 11.1. The quantitative estimate of drug-likeness (QED) is 0.173. The van der Waals surface area contributed by atoms with Gasteiger partial charge in [-0.05, 0) is 69.3 Å². The number of hydrogen-bond acceptors (Lipinski definition) is 4. The molecule has 0 bridgehead atoms. The summed E-state index contributed by atoms with van der Waals surface area (Å²) in [6.45, 7) is 0. The fourth-order valence-corrected chi connectivity index (χ4v) is 11.1. The van der Waals surface area contributed by atoms with Crippen LogP contribution >= 0.6 is 0 Å². The van der Waals surface area contributed by atoms with Gasteiger partial charge in [-0.3, -0.25) is 0 Å². The molecule has 0 saturated carbocycles. The molecule has 66 heavy (non-hydrogen) atoms. The highest BCUT2D eigenvalue weighted by Gasteiger charge is 2.52. The molecule has 0 N–H and O–H groups in total. The van der Waals surface area contributed by atoms with Gasteiger partial charge in [0, 0.05) is 44.0 Å². The number of rotatable bonds is 5. The minimum absolute atomic E-state index is 0.614. The Morgan fingerprint density at radius 3 is 1.65 bits per heavy atom. The molecular weight excluding hydrogens is 803 g/mol. The standard InChI is InChI=1S/C61H37N5/c1-4-18-38(19-5-1)56-54-45-26-10-12-29-48(45)61(55(54)46-27-11-14-32-51(46)62-56)49-30-13-15-33-53(49)66-52-35-34-42(37-47(52)44-28-17-31-50(61)57(44)66)41-24-16-25-43(36-41)60-64-58(39-20-6-2-7-21-39)63-59(65-60)40-22-8-3-9-23-40/h1-37H. The summed E-state index contributed by atoms with van der Waals surface area (Å²) in [6, 6.07) is 80.3. The summed E-state index contributed by atoms with van der Waals surface area (Å²) in [5.41, 5.74) is 18.7. The van der Waals surface area contributed by atoms with Crippen LogP contribution in [0.1, 0.15) is 22.3 Å². The molecule has 1 atom stereocenters. The molecule has 5 heteroatoms. The summed E-state index contributed by atoms with van der Waals surface area (Å²) in [5.74, 6) is 1.92. The van der Waals surface area contributed by atoms with Crippen LogP contribution in [0.25, 0.3) is 106 Å². The highest BCUT2D eigenvalue weighted by molar-refractivity contribution is 6.15. The number of pyridine rings is 1. The van der Waals surface area contributed by atoms with Crippen molar-refractivity contribution in [2.24, 2.45) is 0 Å². The second kappa shape index (κ2) is 14.1.